The van der Waals surface area contributed by atoms with E-state index in [4.69, 9.17) is 10.00 Å². The zero-order valence-corrected chi connectivity index (χ0v) is 12.9. The van der Waals surface area contributed by atoms with E-state index in [9.17, 15) is 8.78 Å². The minimum absolute atomic E-state index is 0.0863. The molecule has 2 aromatic heterocycles. The first-order valence-electron chi connectivity index (χ1n) is 7.53. The van der Waals surface area contributed by atoms with Crippen molar-refractivity contribution >= 4 is 0 Å². The zero-order chi connectivity index (χ0) is 17.4. The smallest absolute Gasteiger partial charge is 0.316 e. The summed E-state index contributed by atoms with van der Waals surface area (Å²) >= 11 is 0. The molecule has 124 valence electrons. The summed E-state index contributed by atoms with van der Waals surface area (Å²) < 4.78 is 34.5. The van der Waals surface area contributed by atoms with E-state index in [1.54, 1.807) is 23.0 Å². The first-order chi connectivity index (χ1) is 12.1. The minimum Gasteiger partial charge on any atom is -0.458 e. The zero-order valence-electron chi connectivity index (χ0n) is 12.9. The molecule has 8 heteroatoms. The highest BCUT2D eigenvalue weighted by Crippen LogP contribution is 2.31. The highest BCUT2D eigenvalue weighted by molar-refractivity contribution is 5.67. The SMILES string of the molecule is N#Cc1ccc(-c2cnn3c2C[C@@H](Oc2ncc(F)cn2)C3)c(F)c1. The van der Waals surface area contributed by atoms with Crippen molar-refractivity contribution in [3.63, 3.8) is 0 Å². The van der Waals surface area contributed by atoms with Gasteiger partial charge in [0, 0.05) is 17.5 Å². The molecule has 0 N–H and O–H groups in total. The fourth-order valence-electron chi connectivity index (χ4n) is 2.87. The number of fused-ring (bicyclic) bond motifs is 1. The Morgan fingerprint density at radius 1 is 1.16 bits per heavy atom. The van der Waals surface area contributed by atoms with Gasteiger partial charge in [0.2, 0.25) is 0 Å². The lowest BCUT2D eigenvalue weighted by Gasteiger charge is -2.10. The summed E-state index contributed by atoms with van der Waals surface area (Å²) in [6, 6.07) is 6.34. The highest BCUT2D eigenvalue weighted by atomic mass is 19.1. The molecule has 6 nitrogen and oxygen atoms in total. The van der Waals surface area contributed by atoms with Gasteiger partial charge in [0.1, 0.15) is 11.9 Å². The lowest BCUT2D eigenvalue weighted by molar-refractivity contribution is 0.181. The van der Waals surface area contributed by atoms with Crippen molar-refractivity contribution < 1.29 is 13.5 Å². The Kier molecular flexibility index (Phi) is 3.61. The van der Waals surface area contributed by atoms with Gasteiger partial charge in [0.25, 0.3) is 0 Å². The topological polar surface area (TPSA) is 76.6 Å². The number of ether oxygens (including phenoxy) is 1. The first kappa shape index (κ1) is 15.2. The van der Waals surface area contributed by atoms with Crippen LogP contribution < -0.4 is 4.74 Å². The van der Waals surface area contributed by atoms with Gasteiger partial charge >= 0.3 is 6.01 Å². The first-order valence-corrected chi connectivity index (χ1v) is 7.53. The van der Waals surface area contributed by atoms with E-state index in [0.29, 0.717) is 24.1 Å². The van der Waals surface area contributed by atoms with Crippen LogP contribution in [0.4, 0.5) is 8.78 Å². The largest absolute Gasteiger partial charge is 0.458 e. The second-order valence-electron chi connectivity index (χ2n) is 5.62. The van der Waals surface area contributed by atoms with Crippen molar-refractivity contribution in [3.05, 3.63) is 59.7 Å². The van der Waals surface area contributed by atoms with Gasteiger partial charge in [-0.2, -0.15) is 10.4 Å². The van der Waals surface area contributed by atoms with Crippen molar-refractivity contribution in [1.82, 2.24) is 19.7 Å². The second kappa shape index (κ2) is 5.94. The number of nitrogens with zero attached hydrogens (tertiary/aromatic N) is 5. The van der Waals surface area contributed by atoms with E-state index >= 15 is 0 Å². The number of rotatable bonds is 3. The third-order valence-electron chi connectivity index (χ3n) is 4.00. The molecule has 0 radical (unpaired) electrons. The van der Waals surface area contributed by atoms with Gasteiger partial charge in [-0.05, 0) is 18.2 Å². The van der Waals surface area contributed by atoms with E-state index in [1.165, 1.54) is 6.07 Å². The number of benzene rings is 1. The molecule has 25 heavy (non-hydrogen) atoms. The number of hydrogen-bond acceptors (Lipinski definition) is 5. The molecule has 0 unspecified atom stereocenters. The summed E-state index contributed by atoms with van der Waals surface area (Å²) in [5, 5.41) is 13.1. The van der Waals surface area contributed by atoms with Gasteiger partial charge in [-0.1, -0.05) is 0 Å². The molecular weight excluding hydrogens is 328 g/mol. The van der Waals surface area contributed by atoms with Crippen LogP contribution in [0, 0.1) is 23.0 Å². The van der Waals surface area contributed by atoms with E-state index in [1.807, 2.05) is 6.07 Å². The van der Waals surface area contributed by atoms with E-state index < -0.39 is 11.6 Å². The molecule has 1 atom stereocenters. The van der Waals surface area contributed by atoms with Crippen molar-refractivity contribution in [2.45, 2.75) is 19.1 Å². The molecule has 0 saturated carbocycles. The average molecular weight is 339 g/mol. The molecule has 0 spiro atoms. The van der Waals surface area contributed by atoms with E-state index in [-0.39, 0.29) is 17.7 Å². The maximum Gasteiger partial charge on any atom is 0.316 e. The van der Waals surface area contributed by atoms with Crippen molar-refractivity contribution in [3.8, 4) is 23.2 Å². The molecule has 1 aliphatic rings. The predicted molar refractivity (Wildman–Crippen MR) is 82.4 cm³/mol. The van der Waals surface area contributed by atoms with Crippen LogP contribution in [0.1, 0.15) is 11.3 Å². The number of halogens is 2. The fraction of sp³-hybridized carbons (Fsp3) is 0.176. The van der Waals surface area contributed by atoms with E-state index in [2.05, 4.69) is 15.1 Å². The molecule has 0 saturated heterocycles. The summed E-state index contributed by atoms with van der Waals surface area (Å²) in [4.78, 5) is 7.55. The summed E-state index contributed by atoms with van der Waals surface area (Å²) in [7, 11) is 0. The molecule has 1 aromatic carbocycles. The number of nitriles is 1. The van der Waals surface area contributed by atoms with Crippen molar-refractivity contribution in [2.75, 3.05) is 0 Å². The fourth-order valence-corrected chi connectivity index (χ4v) is 2.87. The molecule has 3 aromatic rings. The van der Waals surface area contributed by atoms with Crippen LogP contribution >= 0.6 is 0 Å². The van der Waals surface area contributed by atoms with Crippen LogP contribution in [0.15, 0.2) is 36.8 Å². The van der Waals surface area contributed by atoms with Crippen LogP contribution in [0.25, 0.3) is 11.1 Å². The van der Waals surface area contributed by atoms with Crippen LogP contribution in [-0.4, -0.2) is 25.9 Å². The predicted octanol–water partition coefficient (Wildman–Crippen LogP) is 2.49. The van der Waals surface area contributed by atoms with Gasteiger partial charge in [0.15, 0.2) is 5.82 Å². The Morgan fingerprint density at radius 3 is 2.68 bits per heavy atom. The average Bonchev–Trinajstić information content (AvgIpc) is 3.17. The van der Waals surface area contributed by atoms with Gasteiger partial charge in [0.05, 0.1) is 42.5 Å². The Bertz CT molecular complexity index is 978. The molecule has 4 rings (SSSR count). The van der Waals surface area contributed by atoms with Crippen LogP contribution in [0.3, 0.4) is 0 Å². The molecule has 0 fully saturated rings. The molecule has 3 heterocycles. The minimum atomic E-state index is -0.537. The lowest BCUT2D eigenvalue weighted by Crippen LogP contribution is -2.19. The monoisotopic (exact) mass is 339 g/mol. The Labute approximate surface area is 141 Å². The number of hydrogen-bond donors (Lipinski definition) is 0. The maximum atomic E-state index is 14.3. The molecule has 0 aliphatic carbocycles. The molecule has 0 amide bonds. The summed E-state index contributed by atoms with van der Waals surface area (Å²) in [5.41, 5.74) is 2.14. The third kappa shape index (κ3) is 2.80. The normalized spacial score (nSPS) is 15.6. The molecular formula is C17H11F2N5O. The third-order valence-corrected chi connectivity index (χ3v) is 4.00. The standard InChI is InChI=1S/C17H11F2N5O/c18-11-6-21-17(22-7-11)25-12-4-16-14(8-23-24(16)9-12)13-2-1-10(5-20)3-15(13)19/h1-3,6-8,12H,4,9H2/t12-/m1/s1. The van der Waals surface area contributed by atoms with Crippen LogP contribution in [0.2, 0.25) is 0 Å². The molecule has 1 aliphatic heterocycles. The summed E-state index contributed by atoms with van der Waals surface area (Å²) in [6.45, 7) is 0.466. The van der Waals surface area contributed by atoms with Gasteiger partial charge < -0.3 is 4.74 Å². The summed E-state index contributed by atoms with van der Waals surface area (Å²) in [6.07, 6.45) is 3.90. The van der Waals surface area contributed by atoms with E-state index in [0.717, 1.165) is 18.1 Å². The van der Waals surface area contributed by atoms with Crippen molar-refractivity contribution in [1.29, 1.82) is 5.26 Å². The second-order valence-corrected chi connectivity index (χ2v) is 5.62. The van der Waals surface area contributed by atoms with Crippen LogP contribution in [0.5, 0.6) is 6.01 Å². The van der Waals surface area contributed by atoms with Gasteiger partial charge in [-0.25, -0.2) is 18.7 Å². The Morgan fingerprint density at radius 2 is 1.96 bits per heavy atom. The van der Waals surface area contributed by atoms with Crippen LogP contribution in [-0.2, 0) is 13.0 Å². The summed E-state index contributed by atoms with van der Waals surface area (Å²) in [5.74, 6) is -1.01. The lowest BCUT2D eigenvalue weighted by atomic mass is 10.0. The highest BCUT2D eigenvalue weighted by Gasteiger charge is 2.28. The Hall–Kier alpha value is -3.34. The van der Waals surface area contributed by atoms with Crippen molar-refractivity contribution in [2.24, 2.45) is 0 Å². The quantitative estimate of drug-likeness (QED) is 0.733. The van der Waals surface area contributed by atoms with Gasteiger partial charge in [-0.15, -0.1) is 0 Å². The maximum absolute atomic E-state index is 14.3. The van der Waals surface area contributed by atoms with Gasteiger partial charge in [-0.3, -0.25) is 4.68 Å². The Balaban J connectivity index is 1.57. The molecule has 0 bridgehead atoms. The number of aromatic nitrogens is 4.